The van der Waals surface area contributed by atoms with E-state index in [0.717, 1.165) is 24.9 Å². The first kappa shape index (κ1) is 16.1. The Morgan fingerprint density at radius 3 is 2.76 bits per heavy atom. The van der Waals surface area contributed by atoms with Crippen LogP contribution in [0.3, 0.4) is 0 Å². The van der Waals surface area contributed by atoms with Gasteiger partial charge in [-0.05, 0) is 40.5 Å². The molecule has 0 saturated carbocycles. The molecule has 1 N–H and O–H groups in total. The van der Waals surface area contributed by atoms with Crippen molar-refractivity contribution >= 4 is 15.9 Å². The van der Waals surface area contributed by atoms with Crippen molar-refractivity contribution in [1.82, 2.24) is 14.9 Å². The number of imidazole rings is 1. The van der Waals surface area contributed by atoms with Crippen molar-refractivity contribution in [3.8, 4) is 0 Å². The van der Waals surface area contributed by atoms with Crippen LogP contribution < -0.4 is 5.32 Å². The number of benzene rings is 1. The van der Waals surface area contributed by atoms with E-state index in [2.05, 4.69) is 33.2 Å². The second-order valence-electron chi connectivity index (χ2n) is 4.93. The van der Waals surface area contributed by atoms with Gasteiger partial charge in [0.1, 0.15) is 5.82 Å². The minimum absolute atomic E-state index is 0.129. The number of aryl methyl sites for hydroxylation is 1. The van der Waals surface area contributed by atoms with Gasteiger partial charge in [-0.15, -0.1) is 0 Å². The zero-order chi connectivity index (χ0) is 15.4. The van der Waals surface area contributed by atoms with Crippen molar-refractivity contribution < 1.29 is 8.78 Å². The van der Waals surface area contributed by atoms with E-state index in [4.69, 9.17) is 0 Å². The number of aromatic nitrogens is 2. The number of nitrogens with one attached hydrogen (secondary N) is 1. The largest absolute Gasteiger partial charge is 0.338 e. The first-order valence-electron chi connectivity index (χ1n) is 6.87. The lowest BCUT2D eigenvalue weighted by Gasteiger charge is -2.20. The van der Waals surface area contributed by atoms with Gasteiger partial charge in [-0.3, -0.25) is 0 Å². The molecule has 0 saturated heterocycles. The molecule has 6 heteroatoms. The second kappa shape index (κ2) is 7.13. The fourth-order valence-electron chi connectivity index (χ4n) is 2.20. The molecule has 3 nitrogen and oxygen atoms in total. The molecule has 1 atom stereocenters. The molecular weight excluding hydrogens is 340 g/mol. The van der Waals surface area contributed by atoms with Gasteiger partial charge in [0.2, 0.25) is 0 Å². The third-order valence-corrected chi connectivity index (χ3v) is 4.19. The van der Waals surface area contributed by atoms with Crippen LogP contribution in [0.15, 0.2) is 29.0 Å². The maximum atomic E-state index is 13.8. The van der Waals surface area contributed by atoms with Gasteiger partial charge in [0.05, 0.1) is 4.47 Å². The summed E-state index contributed by atoms with van der Waals surface area (Å²) in [6.45, 7) is 2.85. The van der Waals surface area contributed by atoms with Gasteiger partial charge in [0, 0.05) is 31.9 Å². The van der Waals surface area contributed by atoms with Gasteiger partial charge in [-0.2, -0.15) is 0 Å². The van der Waals surface area contributed by atoms with E-state index < -0.39 is 11.6 Å². The van der Waals surface area contributed by atoms with E-state index in [0.29, 0.717) is 12.0 Å². The van der Waals surface area contributed by atoms with Crippen LogP contribution >= 0.6 is 15.9 Å². The van der Waals surface area contributed by atoms with Crippen LogP contribution in [0.5, 0.6) is 0 Å². The molecule has 0 radical (unpaired) electrons. The number of halogens is 3. The monoisotopic (exact) mass is 357 g/mol. The lowest BCUT2D eigenvalue weighted by molar-refractivity contribution is 0.482. The molecule has 0 aliphatic rings. The third-order valence-electron chi connectivity index (χ3n) is 3.39. The van der Waals surface area contributed by atoms with E-state index in [1.807, 2.05) is 17.8 Å². The van der Waals surface area contributed by atoms with Crippen molar-refractivity contribution in [1.29, 1.82) is 0 Å². The second-order valence-corrected chi connectivity index (χ2v) is 5.72. The predicted molar refractivity (Wildman–Crippen MR) is 82.0 cm³/mol. The lowest BCUT2D eigenvalue weighted by atomic mass is 10.0. The summed E-state index contributed by atoms with van der Waals surface area (Å²) >= 11 is 3.16. The minimum Gasteiger partial charge on any atom is -0.338 e. The minimum atomic E-state index is -0.851. The highest BCUT2D eigenvalue weighted by Crippen LogP contribution is 2.29. The van der Waals surface area contributed by atoms with Crippen molar-refractivity contribution in [3.05, 3.63) is 52.0 Å². The average Bonchev–Trinajstić information content (AvgIpc) is 2.87. The Hall–Kier alpha value is -1.27. The van der Waals surface area contributed by atoms with Crippen molar-refractivity contribution in [2.24, 2.45) is 7.05 Å². The zero-order valence-corrected chi connectivity index (χ0v) is 13.6. The Labute approximate surface area is 131 Å². The zero-order valence-electron chi connectivity index (χ0n) is 12.0. The van der Waals surface area contributed by atoms with Crippen molar-refractivity contribution in [3.63, 3.8) is 0 Å². The molecule has 1 aromatic heterocycles. The standard InChI is InChI=1S/C15H18BrF2N3/c1-3-6-19-12(9-13-20-7-8-21(13)2)10-4-5-11(17)15(18)14(10)16/h4-5,7-8,12,19H,3,6,9H2,1-2H3. The highest BCUT2D eigenvalue weighted by atomic mass is 79.9. The van der Waals surface area contributed by atoms with E-state index >= 15 is 0 Å². The van der Waals surface area contributed by atoms with E-state index in [1.165, 1.54) is 0 Å². The summed E-state index contributed by atoms with van der Waals surface area (Å²) in [6, 6.07) is 2.64. The van der Waals surface area contributed by atoms with Gasteiger partial charge in [0.15, 0.2) is 11.6 Å². The highest BCUT2D eigenvalue weighted by Gasteiger charge is 2.20. The third kappa shape index (κ3) is 3.68. The first-order valence-corrected chi connectivity index (χ1v) is 7.66. The molecule has 1 unspecified atom stereocenters. The van der Waals surface area contributed by atoms with Crippen molar-refractivity contribution in [2.45, 2.75) is 25.8 Å². The topological polar surface area (TPSA) is 29.9 Å². The van der Waals surface area contributed by atoms with E-state index in [-0.39, 0.29) is 10.5 Å². The molecule has 0 aliphatic heterocycles. The predicted octanol–water partition coefficient (Wildman–Crippen LogP) is 3.74. The summed E-state index contributed by atoms with van der Waals surface area (Å²) in [5.74, 6) is -0.812. The number of hydrogen-bond acceptors (Lipinski definition) is 2. The quantitative estimate of drug-likeness (QED) is 0.798. The Morgan fingerprint density at radius 2 is 2.14 bits per heavy atom. The Balaban J connectivity index is 2.32. The molecule has 1 aromatic carbocycles. The van der Waals surface area contributed by atoms with E-state index in [9.17, 15) is 8.78 Å². The lowest BCUT2D eigenvalue weighted by Crippen LogP contribution is -2.25. The summed E-state index contributed by atoms with van der Waals surface area (Å²) < 4.78 is 29.1. The summed E-state index contributed by atoms with van der Waals surface area (Å²) in [7, 11) is 1.92. The van der Waals surface area contributed by atoms with E-state index in [1.54, 1.807) is 12.3 Å². The Kier molecular flexibility index (Phi) is 5.47. The highest BCUT2D eigenvalue weighted by molar-refractivity contribution is 9.10. The van der Waals surface area contributed by atoms with Gasteiger partial charge in [0.25, 0.3) is 0 Å². The molecule has 0 spiro atoms. The van der Waals surface area contributed by atoms with Gasteiger partial charge >= 0.3 is 0 Å². The average molecular weight is 358 g/mol. The molecular formula is C15H18BrF2N3. The molecule has 2 rings (SSSR count). The molecule has 1 heterocycles. The molecule has 114 valence electrons. The SMILES string of the molecule is CCCNC(Cc1nccn1C)c1ccc(F)c(F)c1Br. The van der Waals surface area contributed by atoms with Crippen molar-refractivity contribution in [2.75, 3.05) is 6.54 Å². The Morgan fingerprint density at radius 1 is 1.38 bits per heavy atom. The van der Waals surface area contributed by atoms with Gasteiger partial charge in [-0.1, -0.05) is 13.0 Å². The maximum absolute atomic E-state index is 13.8. The van der Waals surface area contributed by atoms with Crippen LogP contribution in [0.25, 0.3) is 0 Å². The fraction of sp³-hybridized carbons (Fsp3) is 0.400. The Bertz CT molecular complexity index is 613. The molecule has 0 aliphatic carbocycles. The number of rotatable bonds is 6. The molecule has 0 fully saturated rings. The molecule has 21 heavy (non-hydrogen) atoms. The number of hydrogen-bond donors (Lipinski definition) is 1. The number of nitrogens with zero attached hydrogens (tertiary/aromatic N) is 2. The van der Waals surface area contributed by atoms with Gasteiger partial charge < -0.3 is 9.88 Å². The summed E-state index contributed by atoms with van der Waals surface area (Å²) in [5, 5.41) is 3.37. The fourth-order valence-corrected chi connectivity index (χ4v) is 2.79. The molecule has 0 bridgehead atoms. The summed E-state index contributed by atoms with van der Waals surface area (Å²) in [4.78, 5) is 4.30. The van der Waals surface area contributed by atoms with Crippen LogP contribution in [-0.2, 0) is 13.5 Å². The van der Waals surface area contributed by atoms with Crippen LogP contribution in [-0.4, -0.2) is 16.1 Å². The van der Waals surface area contributed by atoms with Gasteiger partial charge in [-0.25, -0.2) is 13.8 Å². The summed E-state index contributed by atoms with van der Waals surface area (Å²) in [5.41, 5.74) is 0.699. The first-order chi connectivity index (χ1) is 10.0. The smallest absolute Gasteiger partial charge is 0.173 e. The summed E-state index contributed by atoms with van der Waals surface area (Å²) in [6.07, 6.45) is 5.16. The normalized spacial score (nSPS) is 12.6. The van der Waals surface area contributed by atoms with Crippen LogP contribution in [0.2, 0.25) is 0 Å². The van der Waals surface area contributed by atoms with Crippen LogP contribution in [0.1, 0.15) is 30.8 Å². The molecule has 2 aromatic rings. The maximum Gasteiger partial charge on any atom is 0.173 e. The van der Waals surface area contributed by atoms with Crippen LogP contribution in [0, 0.1) is 11.6 Å². The molecule has 0 amide bonds. The van der Waals surface area contributed by atoms with Crippen LogP contribution in [0.4, 0.5) is 8.78 Å².